The first-order valence-corrected chi connectivity index (χ1v) is 6.21. The van der Waals surface area contributed by atoms with Gasteiger partial charge >= 0.3 is 6.18 Å². The molecule has 0 aliphatic carbocycles. The molecule has 1 atom stereocenters. The average molecular weight is 358 g/mol. The molecule has 22 heavy (non-hydrogen) atoms. The van der Waals surface area contributed by atoms with Crippen molar-refractivity contribution in [2.24, 2.45) is 5.73 Å². The summed E-state index contributed by atoms with van der Waals surface area (Å²) in [6.45, 7) is 1.37. The number of carbonyl (C=O) groups excluding carboxylic acids is 1. The Morgan fingerprint density at radius 1 is 1.50 bits per heavy atom. The van der Waals surface area contributed by atoms with E-state index in [2.05, 4.69) is 15.5 Å². The number of carbonyl (C=O) groups is 1. The number of rotatable bonds is 3. The van der Waals surface area contributed by atoms with Crippen LogP contribution < -0.4 is 11.1 Å². The Balaban J connectivity index is 0.00000242. The second kappa shape index (κ2) is 6.67. The number of hydrogen-bond donors (Lipinski definition) is 2. The molecule has 0 fully saturated rings. The minimum Gasteiger partial charge on any atom is -0.347 e. The number of nitrogens with zero attached hydrogens (tertiary/aromatic N) is 3. The van der Waals surface area contributed by atoms with E-state index in [1.165, 1.54) is 6.92 Å². The van der Waals surface area contributed by atoms with Gasteiger partial charge in [0.05, 0.1) is 23.2 Å². The molecule has 0 radical (unpaired) electrons. The topological polar surface area (TPSA) is 85.3 Å². The predicted molar refractivity (Wildman–Crippen MR) is 75.7 cm³/mol. The summed E-state index contributed by atoms with van der Waals surface area (Å²) in [7, 11) is 0. The quantitative estimate of drug-likeness (QED) is 0.876. The van der Waals surface area contributed by atoms with Crippen molar-refractivity contribution >= 4 is 35.6 Å². The molecule has 6 nitrogen and oxygen atoms in total. The van der Waals surface area contributed by atoms with Gasteiger partial charge in [0.15, 0.2) is 11.5 Å². The first-order chi connectivity index (χ1) is 9.70. The van der Waals surface area contributed by atoms with Crippen LogP contribution >= 0.6 is 24.0 Å². The van der Waals surface area contributed by atoms with Crippen molar-refractivity contribution in [1.82, 2.24) is 19.9 Å². The SMILES string of the molecule is C[C@@H](N)C(=O)NCc1nnc2c(Cl)cc(C(F)(F)F)cn12.Cl. The summed E-state index contributed by atoms with van der Waals surface area (Å²) in [5, 5.41) is 9.68. The molecule has 122 valence electrons. The van der Waals surface area contributed by atoms with E-state index in [1.807, 2.05) is 0 Å². The van der Waals surface area contributed by atoms with Crippen LogP contribution in [-0.2, 0) is 17.5 Å². The van der Waals surface area contributed by atoms with E-state index in [0.717, 1.165) is 16.7 Å². The van der Waals surface area contributed by atoms with Gasteiger partial charge in [0.1, 0.15) is 0 Å². The zero-order chi connectivity index (χ0) is 15.8. The number of fused-ring (bicyclic) bond motifs is 1. The largest absolute Gasteiger partial charge is 0.417 e. The van der Waals surface area contributed by atoms with Gasteiger partial charge < -0.3 is 11.1 Å². The van der Waals surface area contributed by atoms with E-state index < -0.39 is 23.7 Å². The number of nitrogens with two attached hydrogens (primary N) is 1. The van der Waals surface area contributed by atoms with Crippen molar-refractivity contribution < 1.29 is 18.0 Å². The third-order valence-electron chi connectivity index (χ3n) is 2.69. The molecule has 2 heterocycles. The molecule has 0 aliphatic heterocycles. The molecule has 0 spiro atoms. The minimum absolute atomic E-state index is 0. The van der Waals surface area contributed by atoms with Crippen LogP contribution in [0.5, 0.6) is 0 Å². The van der Waals surface area contributed by atoms with Gasteiger partial charge in [0.25, 0.3) is 0 Å². The number of halogens is 5. The lowest BCUT2D eigenvalue weighted by molar-refractivity contribution is -0.137. The van der Waals surface area contributed by atoms with E-state index in [1.54, 1.807) is 0 Å². The lowest BCUT2D eigenvalue weighted by atomic mass is 10.2. The Morgan fingerprint density at radius 3 is 2.68 bits per heavy atom. The predicted octanol–water partition coefficient (Wildman–Crippen LogP) is 1.79. The van der Waals surface area contributed by atoms with Crippen LogP contribution in [0.2, 0.25) is 5.02 Å². The summed E-state index contributed by atoms with van der Waals surface area (Å²) in [6.07, 6.45) is -3.72. The number of alkyl halides is 3. The van der Waals surface area contributed by atoms with Crippen LogP contribution in [0, 0.1) is 0 Å². The Morgan fingerprint density at radius 2 is 2.14 bits per heavy atom. The number of nitrogens with one attached hydrogen (secondary N) is 1. The fourth-order valence-corrected chi connectivity index (χ4v) is 1.85. The van der Waals surface area contributed by atoms with Crippen LogP contribution in [0.1, 0.15) is 18.3 Å². The van der Waals surface area contributed by atoms with E-state index in [0.29, 0.717) is 0 Å². The summed E-state index contributed by atoms with van der Waals surface area (Å²) in [5.74, 6) is -0.336. The van der Waals surface area contributed by atoms with Crippen molar-refractivity contribution in [3.05, 3.63) is 28.7 Å². The zero-order valence-corrected chi connectivity index (χ0v) is 12.8. The van der Waals surface area contributed by atoms with Crippen LogP contribution in [0.15, 0.2) is 12.3 Å². The van der Waals surface area contributed by atoms with E-state index in [9.17, 15) is 18.0 Å². The second-order valence-corrected chi connectivity index (χ2v) is 4.80. The second-order valence-electron chi connectivity index (χ2n) is 4.39. The molecule has 2 rings (SSSR count). The van der Waals surface area contributed by atoms with Crippen LogP contribution in [0.3, 0.4) is 0 Å². The van der Waals surface area contributed by atoms with Gasteiger partial charge in [-0.1, -0.05) is 11.6 Å². The molecular weight excluding hydrogens is 346 g/mol. The fourth-order valence-electron chi connectivity index (χ4n) is 1.60. The van der Waals surface area contributed by atoms with Crippen molar-refractivity contribution in [1.29, 1.82) is 0 Å². The third kappa shape index (κ3) is 3.79. The molecule has 0 unspecified atom stereocenters. The average Bonchev–Trinajstić information content (AvgIpc) is 2.78. The van der Waals surface area contributed by atoms with Crippen molar-refractivity contribution in [2.75, 3.05) is 0 Å². The first kappa shape index (κ1) is 18.5. The molecule has 2 aromatic heterocycles. The van der Waals surface area contributed by atoms with Crippen LogP contribution in [-0.4, -0.2) is 26.5 Å². The highest BCUT2D eigenvalue weighted by molar-refractivity contribution is 6.33. The molecular formula is C11H12Cl2F3N5O. The maximum absolute atomic E-state index is 12.8. The highest BCUT2D eigenvalue weighted by Gasteiger charge is 2.32. The minimum atomic E-state index is -4.55. The highest BCUT2D eigenvalue weighted by atomic mass is 35.5. The van der Waals surface area contributed by atoms with Gasteiger partial charge in [-0.3, -0.25) is 9.20 Å². The van der Waals surface area contributed by atoms with Crippen LogP contribution in [0.4, 0.5) is 13.2 Å². The summed E-state index contributed by atoms with van der Waals surface area (Å²) in [4.78, 5) is 11.4. The molecule has 0 saturated carbocycles. The number of hydrogen-bond acceptors (Lipinski definition) is 4. The monoisotopic (exact) mass is 357 g/mol. The number of amides is 1. The fraction of sp³-hybridized carbons (Fsp3) is 0.364. The molecule has 3 N–H and O–H groups in total. The van der Waals surface area contributed by atoms with Crippen molar-refractivity contribution in [3.8, 4) is 0 Å². The maximum Gasteiger partial charge on any atom is 0.417 e. The Hall–Kier alpha value is -1.58. The summed E-state index contributed by atoms with van der Waals surface area (Å²) in [5.41, 5.74) is 4.52. The molecule has 2 aromatic rings. The highest BCUT2D eigenvalue weighted by Crippen LogP contribution is 2.32. The lowest BCUT2D eigenvalue weighted by Crippen LogP contribution is -2.38. The van der Waals surface area contributed by atoms with E-state index in [4.69, 9.17) is 17.3 Å². The van der Waals surface area contributed by atoms with Crippen molar-refractivity contribution in [3.63, 3.8) is 0 Å². The number of pyridine rings is 1. The van der Waals surface area contributed by atoms with Gasteiger partial charge in [-0.15, -0.1) is 22.6 Å². The lowest BCUT2D eigenvalue weighted by Gasteiger charge is -2.09. The zero-order valence-electron chi connectivity index (χ0n) is 11.2. The Bertz CT molecular complexity index is 686. The third-order valence-corrected chi connectivity index (χ3v) is 2.97. The summed E-state index contributed by atoms with van der Waals surface area (Å²) < 4.78 is 39.4. The van der Waals surface area contributed by atoms with Crippen molar-refractivity contribution in [2.45, 2.75) is 25.7 Å². The summed E-state index contributed by atoms with van der Waals surface area (Å²) in [6, 6.07) is 0.0362. The van der Waals surface area contributed by atoms with E-state index in [-0.39, 0.29) is 35.4 Å². The molecule has 11 heteroatoms. The number of aromatic nitrogens is 3. The van der Waals surface area contributed by atoms with Crippen LogP contribution in [0.25, 0.3) is 5.65 Å². The molecule has 0 aromatic carbocycles. The van der Waals surface area contributed by atoms with Gasteiger partial charge in [-0.25, -0.2) is 0 Å². The normalized spacial score (nSPS) is 12.8. The van der Waals surface area contributed by atoms with Gasteiger partial charge in [-0.05, 0) is 13.0 Å². The van der Waals surface area contributed by atoms with Gasteiger partial charge in [0.2, 0.25) is 5.91 Å². The molecule has 0 saturated heterocycles. The van der Waals surface area contributed by atoms with Gasteiger partial charge in [-0.2, -0.15) is 13.2 Å². The smallest absolute Gasteiger partial charge is 0.347 e. The first-order valence-electron chi connectivity index (χ1n) is 5.84. The standard InChI is InChI=1S/C11H11ClF3N5O.ClH/c1-5(16)10(21)17-3-8-18-19-9-7(12)2-6(4-20(8)9)11(13,14)15;/h2,4-5H,3,16H2,1H3,(H,17,21);1H/t5-;/m1./s1. The Labute approximate surface area is 134 Å². The van der Waals surface area contributed by atoms with Gasteiger partial charge in [0, 0.05) is 6.20 Å². The summed E-state index contributed by atoms with van der Waals surface area (Å²) >= 11 is 5.76. The molecule has 0 aliphatic rings. The maximum atomic E-state index is 12.8. The Kier molecular flexibility index (Phi) is 5.60. The van der Waals surface area contributed by atoms with E-state index >= 15 is 0 Å². The molecule has 0 bridgehead atoms. The molecule has 1 amide bonds.